The van der Waals surface area contributed by atoms with Crippen molar-refractivity contribution in [2.24, 2.45) is 5.41 Å². The van der Waals surface area contributed by atoms with Crippen molar-refractivity contribution in [3.05, 3.63) is 53.8 Å². The molecule has 9 rings (SSSR count). The van der Waals surface area contributed by atoms with Crippen LogP contribution in [0.15, 0.2) is 42.5 Å². The van der Waals surface area contributed by atoms with Crippen LogP contribution < -0.4 is 15.0 Å². The van der Waals surface area contributed by atoms with Gasteiger partial charge in [-0.3, -0.25) is 4.90 Å². The fourth-order valence-corrected chi connectivity index (χ4v) is 9.68. The number of aromatic hydroxyl groups is 1. The minimum Gasteiger partial charge on any atom is -0.508 e. The van der Waals surface area contributed by atoms with Gasteiger partial charge in [0.2, 0.25) is 0 Å². The van der Waals surface area contributed by atoms with E-state index in [4.69, 9.17) is 14.7 Å². The van der Waals surface area contributed by atoms with E-state index < -0.39 is 5.82 Å². The van der Waals surface area contributed by atoms with Crippen molar-refractivity contribution in [2.75, 3.05) is 37.7 Å². The summed E-state index contributed by atoms with van der Waals surface area (Å²) in [6, 6.07) is 14.4. The SMILES string of the molecule is CCc1cccc2cc(O)cc(-c3ccc4c(N5CC6CCC(C5)N6)nc(OCC5(C67CCCN6CCC7)CC5)nc4c3F)c12. The molecule has 2 atom stereocenters. The van der Waals surface area contributed by atoms with Crippen LogP contribution in [0, 0.1) is 11.2 Å². The second-order valence-electron chi connectivity index (χ2n) is 14.4. The molecule has 3 aromatic carbocycles. The van der Waals surface area contributed by atoms with Crippen LogP contribution in [0.2, 0.25) is 0 Å². The van der Waals surface area contributed by atoms with E-state index in [9.17, 15) is 5.11 Å². The van der Waals surface area contributed by atoms with Gasteiger partial charge < -0.3 is 20.1 Å². The Morgan fingerprint density at radius 1 is 0.978 bits per heavy atom. The molecule has 5 aliphatic rings. The monoisotopic (exact) mass is 607 g/mol. The number of phenols is 1. The lowest BCUT2D eigenvalue weighted by Crippen LogP contribution is -2.51. The molecule has 0 amide bonds. The first kappa shape index (κ1) is 27.8. The van der Waals surface area contributed by atoms with Crippen LogP contribution in [0.4, 0.5) is 10.2 Å². The number of nitrogens with zero attached hydrogens (tertiary/aromatic N) is 4. The van der Waals surface area contributed by atoms with E-state index in [1.165, 1.54) is 51.6 Å². The molecule has 4 saturated heterocycles. The minimum atomic E-state index is -0.394. The first-order chi connectivity index (χ1) is 22.0. The van der Waals surface area contributed by atoms with E-state index >= 15 is 4.39 Å². The van der Waals surface area contributed by atoms with Crippen molar-refractivity contribution < 1.29 is 14.2 Å². The van der Waals surface area contributed by atoms with Crippen molar-refractivity contribution in [1.82, 2.24) is 20.2 Å². The number of aromatic nitrogens is 2. The number of hydrogen-bond acceptors (Lipinski definition) is 7. The summed E-state index contributed by atoms with van der Waals surface area (Å²) in [6.07, 6.45) is 10.5. The van der Waals surface area contributed by atoms with Gasteiger partial charge in [-0.05, 0) is 111 Å². The zero-order valence-corrected chi connectivity index (χ0v) is 26.1. The highest BCUT2D eigenvalue weighted by atomic mass is 19.1. The van der Waals surface area contributed by atoms with Gasteiger partial charge in [0.15, 0.2) is 5.82 Å². The Labute approximate surface area is 263 Å². The molecule has 0 spiro atoms. The summed E-state index contributed by atoms with van der Waals surface area (Å²) < 4.78 is 23.6. The van der Waals surface area contributed by atoms with Gasteiger partial charge in [0, 0.05) is 47.1 Å². The fourth-order valence-electron chi connectivity index (χ4n) is 9.68. The van der Waals surface area contributed by atoms with Gasteiger partial charge >= 0.3 is 6.01 Å². The molecule has 234 valence electrons. The lowest BCUT2D eigenvalue weighted by Gasteiger charge is -2.40. The molecule has 2 bridgehead atoms. The third kappa shape index (κ3) is 4.28. The number of anilines is 1. The molecule has 45 heavy (non-hydrogen) atoms. The fraction of sp³-hybridized carbons (Fsp3) is 0.514. The van der Waals surface area contributed by atoms with Gasteiger partial charge in [-0.1, -0.05) is 31.2 Å². The van der Waals surface area contributed by atoms with Crippen LogP contribution in [-0.4, -0.2) is 70.4 Å². The van der Waals surface area contributed by atoms with Crippen molar-refractivity contribution in [3.63, 3.8) is 0 Å². The van der Waals surface area contributed by atoms with Crippen molar-refractivity contribution in [1.29, 1.82) is 0 Å². The summed E-state index contributed by atoms with van der Waals surface area (Å²) in [5.41, 5.74) is 2.91. The molecule has 1 aliphatic carbocycles. The average Bonchev–Trinajstić information content (AvgIpc) is 3.36. The lowest BCUT2D eigenvalue weighted by molar-refractivity contribution is 0.0555. The quantitative estimate of drug-likeness (QED) is 0.246. The number of ether oxygens (including phenoxy) is 1. The number of rotatable bonds is 7. The van der Waals surface area contributed by atoms with Crippen LogP contribution >= 0.6 is 0 Å². The molecule has 2 N–H and O–H groups in total. The van der Waals surface area contributed by atoms with Gasteiger partial charge in [0.25, 0.3) is 0 Å². The molecule has 7 nitrogen and oxygen atoms in total. The number of aryl methyl sites for hydroxylation is 1. The predicted octanol–water partition coefficient (Wildman–Crippen LogP) is 6.59. The standard InChI is InChI=1S/C37H42FN5O2/c1-2-23-6-3-7-24-18-27(44)19-30(31(23)24)28-10-11-29-33(32(28)38)40-35(41-34(29)42-20-25-8-9-26(21-42)39-25)45-22-36(14-15-36)37-12-4-16-43(37)17-5-13-37/h3,6-7,10-11,18-19,25-26,39,44H,2,4-5,8-9,12-17,20-22H2,1H3. The maximum atomic E-state index is 17.0. The van der Waals surface area contributed by atoms with Crippen LogP contribution in [0.3, 0.4) is 0 Å². The van der Waals surface area contributed by atoms with Crippen LogP contribution in [0.5, 0.6) is 11.8 Å². The number of halogens is 1. The largest absolute Gasteiger partial charge is 0.508 e. The maximum absolute atomic E-state index is 17.0. The molecule has 4 aliphatic heterocycles. The molecule has 8 heteroatoms. The van der Waals surface area contributed by atoms with Crippen LogP contribution in [0.1, 0.15) is 63.9 Å². The molecule has 5 heterocycles. The Hall–Kier alpha value is -3.49. The smallest absolute Gasteiger partial charge is 0.319 e. The highest BCUT2D eigenvalue weighted by molar-refractivity contribution is 6.03. The number of nitrogens with one attached hydrogen (secondary N) is 1. The van der Waals surface area contributed by atoms with E-state index in [0.717, 1.165) is 54.5 Å². The Morgan fingerprint density at radius 3 is 2.49 bits per heavy atom. The second-order valence-corrected chi connectivity index (χ2v) is 14.4. The summed E-state index contributed by atoms with van der Waals surface area (Å²) in [7, 11) is 0. The average molecular weight is 608 g/mol. The summed E-state index contributed by atoms with van der Waals surface area (Å²) in [5.74, 6) is 0.491. The number of fused-ring (bicyclic) bond motifs is 5. The van der Waals surface area contributed by atoms with Gasteiger partial charge in [0.05, 0.1) is 6.61 Å². The molecule has 2 unspecified atom stereocenters. The van der Waals surface area contributed by atoms with E-state index in [0.29, 0.717) is 35.2 Å². The van der Waals surface area contributed by atoms with Gasteiger partial charge in [-0.2, -0.15) is 9.97 Å². The Bertz CT molecular complexity index is 1800. The summed E-state index contributed by atoms with van der Waals surface area (Å²) in [4.78, 5) is 14.9. The number of piperazine rings is 1. The predicted molar refractivity (Wildman–Crippen MR) is 176 cm³/mol. The minimum absolute atomic E-state index is 0.121. The molecular formula is C37H42FN5O2. The zero-order chi connectivity index (χ0) is 30.3. The van der Waals surface area contributed by atoms with Crippen LogP contribution in [0.25, 0.3) is 32.8 Å². The summed E-state index contributed by atoms with van der Waals surface area (Å²) >= 11 is 0. The van der Waals surface area contributed by atoms with Crippen molar-refractivity contribution >= 4 is 27.5 Å². The van der Waals surface area contributed by atoms with E-state index in [1.807, 2.05) is 24.3 Å². The first-order valence-electron chi connectivity index (χ1n) is 17.1. The summed E-state index contributed by atoms with van der Waals surface area (Å²) in [5, 5.41) is 17.0. The third-order valence-corrected chi connectivity index (χ3v) is 12.0. The number of benzene rings is 3. The Balaban J connectivity index is 1.16. The summed E-state index contributed by atoms with van der Waals surface area (Å²) in [6.45, 7) is 6.76. The molecule has 1 saturated carbocycles. The lowest BCUT2D eigenvalue weighted by atomic mass is 9.78. The Kier molecular flexibility index (Phi) is 6.34. The normalized spacial score (nSPS) is 24.9. The topological polar surface area (TPSA) is 73.8 Å². The molecule has 0 radical (unpaired) electrons. The third-order valence-electron chi connectivity index (χ3n) is 12.0. The zero-order valence-electron chi connectivity index (χ0n) is 26.1. The van der Waals surface area contributed by atoms with Gasteiger partial charge in [-0.15, -0.1) is 0 Å². The molecule has 5 fully saturated rings. The van der Waals surface area contributed by atoms with E-state index in [2.05, 4.69) is 28.1 Å². The first-order valence-corrected chi connectivity index (χ1v) is 17.1. The Morgan fingerprint density at radius 2 is 1.76 bits per heavy atom. The highest BCUT2D eigenvalue weighted by Gasteiger charge is 2.64. The van der Waals surface area contributed by atoms with E-state index in [-0.39, 0.29) is 28.2 Å². The van der Waals surface area contributed by atoms with Crippen molar-refractivity contribution in [2.45, 2.75) is 82.3 Å². The van der Waals surface area contributed by atoms with Crippen molar-refractivity contribution in [3.8, 4) is 22.9 Å². The molecule has 4 aromatic rings. The molecule has 1 aromatic heterocycles. The maximum Gasteiger partial charge on any atom is 0.319 e. The van der Waals surface area contributed by atoms with Gasteiger partial charge in [0.1, 0.15) is 17.1 Å². The van der Waals surface area contributed by atoms with Crippen LogP contribution in [-0.2, 0) is 6.42 Å². The number of hydrogen-bond donors (Lipinski definition) is 2. The number of phenolic OH excluding ortho intramolecular Hbond substituents is 1. The second kappa shape index (κ2) is 10.3. The molecular weight excluding hydrogens is 565 g/mol. The van der Waals surface area contributed by atoms with Gasteiger partial charge in [-0.25, -0.2) is 4.39 Å². The highest BCUT2D eigenvalue weighted by Crippen LogP contribution is 2.63. The van der Waals surface area contributed by atoms with E-state index in [1.54, 1.807) is 12.1 Å².